The lowest BCUT2D eigenvalue weighted by Crippen LogP contribution is -2.58. The van der Waals surface area contributed by atoms with Crippen LogP contribution < -0.4 is 19.9 Å². The Morgan fingerprint density at radius 2 is 1.87 bits per heavy atom. The monoisotopic (exact) mass is 513 g/mol. The number of carbonyl (C=O) groups excluding carboxylic acids is 2. The van der Waals surface area contributed by atoms with Gasteiger partial charge in [-0.25, -0.2) is 9.97 Å². The zero-order valence-corrected chi connectivity index (χ0v) is 21.6. The maximum Gasteiger partial charge on any atom is 0.289 e. The lowest BCUT2D eigenvalue weighted by Gasteiger charge is -2.53. The predicted molar refractivity (Wildman–Crippen MR) is 144 cm³/mol. The number of anilines is 2. The predicted octanol–water partition coefficient (Wildman–Crippen LogP) is 3.22. The first kappa shape index (κ1) is 24.4. The molecule has 196 valence electrons. The van der Waals surface area contributed by atoms with E-state index >= 15 is 0 Å². The minimum Gasteiger partial charge on any atom is -0.489 e. The highest BCUT2D eigenvalue weighted by molar-refractivity contribution is 6.02. The van der Waals surface area contributed by atoms with Crippen LogP contribution >= 0.6 is 0 Å². The lowest BCUT2D eigenvalue weighted by molar-refractivity contribution is -0.120. The van der Waals surface area contributed by atoms with Crippen LogP contribution in [0.4, 0.5) is 11.4 Å². The first-order valence-electron chi connectivity index (χ1n) is 13.0. The van der Waals surface area contributed by atoms with Gasteiger partial charge in [0, 0.05) is 56.2 Å². The Morgan fingerprint density at radius 1 is 1.11 bits per heavy atom. The molecule has 2 amide bonds. The van der Waals surface area contributed by atoms with Gasteiger partial charge >= 0.3 is 0 Å². The van der Waals surface area contributed by atoms with Crippen molar-refractivity contribution in [3.8, 4) is 17.0 Å². The number of carbonyl (C=O) groups is 2. The zero-order valence-electron chi connectivity index (χ0n) is 21.6. The standard InChI is InChI=1S/C29H31N5O4/c1-19-15-30-26(32-25(19)20-6-4-3-5-7-20)27(35)31-22-16-38-24-9-8-21(14-23(24)33(2)28(22)36)34-17-29(18-34)10-12-37-13-11-29/h3-9,14-15,22H,10-13,16-18H2,1-2H3,(H,31,35)/t22-/m0/s1. The summed E-state index contributed by atoms with van der Waals surface area (Å²) in [7, 11) is 1.71. The molecule has 4 heterocycles. The molecule has 9 heteroatoms. The average Bonchev–Trinajstić information content (AvgIpc) is 3.04. The fraction of sp³-hybridized carbons (Fsp3) is 0.379. The summed E-state index contributed by atoms with van der Waals surface area (Å²) in [5.41, 5.74) is 4.53. The zero-order chi connectivity index (χ0) is 26.3. The van der Waals surface area contributed by atoms with E-state index in [9.17, 15) is 9.59 Å². The van der Waals surface area contributed by atoms with Gasteiger partial charge in [0.1, 0.15) is 18.4 Å². The Labute approximate surface area is 221 Å². The highest BCUT2D eigenvalue weighted by Gasteiger charge is 2.44. The summed E-state index contributed by atoms with van der Waals surface area (Å²) in [6.45, 7) is 5.57. The van der Waals surface area contributed by atoms with Crippen molar-refractivity contribution in [1.82, 2.24) is 15.3 Å². The van der Waals surface area contributed by atoms with E-state index in [2.05, 4.69) is 20.2 Å². The van der Waals surface area contributed by atoms with Crippen LogP contribution in [0, 0.1) is 12.3 Å². The Balaban J connectivity index is 1.16. The molecule has 0 unspecified atom stereocenters. The molecule has 0 radical (unpaired) electrons. The molecule has 1 aromatic heterocycles. The van der Waals surface area contributed by atoms with Crippen LogP contribution in [-0.2, 0) is 9.53 Å². The number of amides is 2. The second kappa shape index (κ2) is 9.72. The molecular formula is C29H31N5O4. The van der Waals surface area contributed by atoms with E-state index < -0.39 is 11.9 Å². The number of hydrogen-bond donors (Lipinski definition) is 1. The number of nitrogens with one attached hydrogen (secondary N) is 1. The number of ether oxygens (including phenoxy) is 2. The van der Waals surface area contributed by atoms with Gasteiger partial charge in [0.25, 0.3) is 11.8 Å². The van der Waals surface area contributed by atoms with Crippen LogP contribution in [0.3, 0.4) is 0 Å². The second-order valence-electron chi connectivity index (χ2n) is 10.4. The van der Waals surface area contributed by atoms with E-state index in [1.807, 2.05) is 55.5 Å². The molecule has 3 aliphatic rings. The number of nitrogens with zero attached hydrogens (tertiary/aromatic N) is 4. The molecule has 6 rings (SSSR count). The third kappa shape index (κ3) is 4.47. The van der Waals surface area contributed by atoms with Gasteiger partial charge in [-0.15, -0.1) is 0 Å². The van der Waals surface area contributed by atoms with E-state index in [0.717, 1.165) is 56.0 Å². The van der Waals surface area contributed by atoms with Gasteiger partial charge in [0.15, 0.2) is 0 Å². The third-order valence-electron chi connectivity index (χ3n) is 7.84. The topological polar surface area (TPSA) is 96.9 Å². The van der Waals surface area contributed by atoms with Crippen molar-refractivity contribution < 1.29 is 19.1 Å². The number of benzene rings is 2. The van der Waals surface area contributed by atoms with Crippen molar-refractivity contribution in [2.24, 2.45) is 5.41 Å². The minimum absolute atomic E-state index is 0.00813. The number of hydrogen-bond acceptors (Lipinski definition) is 7. The molecule has 0 saturated carbocycles. The lowest BCUT2D eigenvalue weighted by atomic mass is 9.73. The summed E-state index contributed by atoms with van der Waals surface area (Å²) >= 11 is 0. The average molecular weight is 514 g/mol. The van der Waals surface area contributed by atoms with Crippen molar-refractivity contribution in [3.63, 3.8) is 0 Å². The van der Waals surface area contributed by atoms with Gasteiger partial charge in [-0.3, -0.25) is 9.59 Å². The molecule has 3 aromatic rings. The summed E-state index contributed by atoms with van der Waals surface area (Å²) in [5.74, 6) is -0.157. The third-order valence-corrected chi connectivity index (χ3v) is 7.84. The van der Waals surface area contributed by atoms with Crippen molar-refractivity contribution in [2.75, 3.05) is 49.8 Å². The largest absolute Gasteiger partial charge is 0.489 e. The molecule has 1 spiro atoms. The first-order chi connectivity index (χ1) is 18.4. The molecule has 2 fully saturated rings. The van der Waals surface area contributed by atoms with Gasteiger partial charge in [-0.1, -0.05) is 30.3 Å². The number of aryl methyl sites for hydroxylation is 1. The van der Waals surface area contributed by atoms with E-state index in [-0.39, 0.29) is 18.3 Å². The summed E-state index contributed by atoms with van der Waals surface area (Å²) in [5, 5.41) is 2.78. The van der Waals surface area contributed by atoms with E-state index in [1.54, 1.807) is 18.1 Å². The molecule has 1 N–H and O–H groups in total. The summed E-state index contributed by atoms with van der Waals surface area (Å²) in [4.78, 5) is 39.1. The highest BCUT2D eigenvalue weighted by Crippen LogP contribution is 2.44. The Kier molecular flexibility index (Phi) is 6.23. The highest BCUT2D eigenvalue weighted by atomic mass is 16.5. The van der Waals surface area contributed by atoms with E-state index in [0.29, 0.717) is 22.5 Å². The molecular weight excluding hydrogens is 482 g/mol. The molecule has 9 nitrogen and oxygen atoms in total. The fourth-order valence-electron chi connectivity index (χ4n) is 5.52. The smallest absolute Gasteiger partial charge is 0.289 e. The van der Waals surface area contributed by atoms with Gasteiger partial charge in [0.05, 0.1) is 11.4 Å². The van der Waals surface area contributed by atoms with E-state index in [4.69, 9.17) is 9.47 Å². The molecule has 38 heavy (non-hydrogen) atoms. The number of rotatable bonds is 4. The minimum atomic E-state index is -0.872. The second-order valence-corrected chi connectivity index (χ2v) is 10.4. The normalized spacial score (nSPS) is 20.3. The summed E-state index contributed by atoms with van der Waals surface area (Å²) in [6, 6.07) is 14.7. The number of likely N-dealkylation sites (N-methyl/N-ethyl adjacent to an activating group) is 1. The molecule has 0 aliphatic carbocycles. The molecule has 1 atom stereocenters. The van der Waals surface area contributed by atoms with Crippen LogP contribution in [0.5, 0.6) is 5.75 Å². The fourth-order valence-corrected chi connectivity index (χ4v) is 5.52. The number of fused-ring (bicyclic) bond motifs is 1. The quantitative estimate of drug-likeness (QED) is 0.572. The Bertz CT molecular complexity index is 1360. The number of aromatic nitrogens is 2. The van der Waals surface area contributed by atoms with Crippen LogP contribution in [0.2, 0.25) is 0 Å². The molecule has 2 saturated heterocycles. The Hall–Kier alpha value is -3.98. The summed E-state index contributed by atoms with van der Waals surface area (Å²) in [6.07, 6.45) is 3.81. The van der Waals surface area contributed by atoms with Crippen LogP contribution in [0.15, 0.2) is 54.7 Å². The molecule has 0 bridgehead atoms. The van der Waals surface area contributed by atoms with Gasteiger partial charge in [0.2, 0.25) is 5.82 Å². The van der Waals surface area contributed by atoms with Crippen LogP contribution in [0.1, 0.15) is 29.0 Å². The van der Waals surface area contributed by atoms with Crippen molar-refractivity contribution in [2.45, 2.75) is 25.8 Å². The summed E-state index contributed by atoms with van der Waals surface area (Å²) < 4.78 is 11.5. The maximum atomic E-state index is 13.4. The van der Waals surface area contributed by atoms with Gasteiger partial charge in [-0.2, -0.15) is 0 Å². The van der Waals surface area contributed by atoms with Crippen LogP contribution in [-0.4, -0.2) is 67.8 Å². The molecule has 3 aliphatic heterocycles. The van der Waals surface area contributed by atoms with Gasteiger partial charge in [-0.05, 0) is 43.5 Å². The van der Waals surface area contributed by atoms with Crippen LogP contribution in [0.25, 0.3) is 11.3 Å². The molecule has 2 aromatic carbocycles. The SMILES string of the molecule is Cc1cnc(C(=O)N[C@H]2COc3ccc(N4CC5(CCOCC5)C4)cc3N(C)C2=O)nc1-c1ccccc1. The van der Waals surface area contributed by atoms with Crippen molar-refractivity contribution in [1.29, 1.82) is 0 Å². The Morgan fingerprint density at radius 3 is 2.63 bits per heavy atom. The van der Waals surface area contributed by atoms with Crippen molar-refractivity contribution in [3.05, 3.63) is 66.1 Å². The maximum absolute atomic E-state index is 13.4. The van der Waals surface area contributed by atoms with Gasteiger partial charge < -0.3 is 24.6 Å². The first-order valence-corrected chi connectivity index (χ1v) is 13.0. The van der Waals surface area contributed by atoms with E-state index in [1.165, 1.54) is 0 Å². The van der Waals surface area contributed by atoms with Crippen molar-refractivity contribution >= 4 is 23.2 Å².